The van der Waals surface area contributed by atoms with E-state index in [9.17, 15) is 20.0 Å². The number of carbonyl (C=O) groups is 1. The van der Waals surface area contributed by atoms with Gasteiger partial charge < -0.3 is 10.0 Å². The second-order valence-corrected chi connectivity index (χ2v) is 15.7. The van der Waals surface area contributed by atoms with Gasteiger partial charge >= 0.3 is 0 Å². The molecule has 0 spiro atoms. The summed E-state index contributed by atoms with van der Waals surface area (Å²) >= 11 is 1.56. The van der Waals surface area contributed by atoms with Crippen molar-refractivity contribution in [3.8, 4) is 11.9 Å². The Morgan fingerprint density at radius 2 is 1.57 bits per heavy atom. The number of anilines is 1. The van der Waals surface area contributed by atoms with E-state index in [1.807, 2.05) is 6.07 Å². The number of thiazole rings is 1. The normalized spacial score (nSPS) is 13.8. The average Bonchev–Trinajstić information content (AvgIpc) is 3.42. The summed E-state index contributed by atoms with van der Waals surface area (Å²) in [7, 11) is 1.43. The smallest absolute Gasteiger partial charge is 0.280 e. The fourth-order valence-electron chi connectivity index (χ4n) is 5.75. The molecule has 0 bridgehead atoms. The highest BCUT2D eigenvalue weighted by molar-refractivity contribution is 7.16. The molecule has 0 saturated heterocycles. The van der Waals surface area contributed by atoms with Crippen molar-refractivity contribution < 1.29 is 9.90 Å². The van der Waals surface area contributed by atoms with Crippen LogP contribution in [-0.4, -0.2) is 40.8 Å². The lowest BCUT2D eigenvalue weighted by Gasteiger charge is -2.30. The van der Waals surface area contributed by atoms with Crippen LogP contribution >= 0.6 is 11.3 Å². The highest BCUT2D eigenvalue weighted by Gasteiger charge is 2.30. The fourth-order valence-corrected chi connectivity index (χ4v) is 6.98. The van der Waals surface area contributed by atoms with Crippen molar-refractivity contribution in [2.75, 3.05) is 30.0 Å². The van der Waals surface area contributed by atoms with Crippen LogP contribution < -0.4 is 25.9 Å². The van der Waals surface area contributed by atoms with Crippen LogP contribution in [0.25, 0.3) is 12.7 Å². The molecule has 0 aromatic carbocycles. The monoisotopic (exact) mass is 653 g/mol. The van der Waals surface area contributed by atoms with Gasteiger partial charge in [0.15, 0.2) is 5.13 Å². The number of amides is 1. The van der Waals surface area contributed by atoms with Crippen LogP contribution in [0.15, 0.2) is 4.79 Å². The van der Waals surface area contributed by atoms with Crippen molar-refractivity contribution >= 4 is 35.0 Å². The first-order valence-corrected chi connectivity index (χ1v) is 17.9. The van der Waals surface area contributed by atoms with Crippen molar-refractivity contribution in [1.82, 2.24) is 9.66 Å². The lowest BCUT2D eigenvalue weighted by molar-refractivity contribution is -0.127. The van der Waals surface area contributed by atoms with Gasteiger partial charge in [-0.05, 0) is 30.8 Å². The van der Waals surface area contributed by atoms with Gasteiger partial charge in [-0.3, -0.25) is 9.59 Å². The Kier molecular flexibility index (Phi) is 14.1. The number of carbonyl (C=O) groups excluding carboxylic acids is 1. The summed E-state index contributed by atoms with van der Waals surface area (Å²) in [5.74, 6) is 0.132. The van der Waals surface area contributed by atoms with Gasteiger partial charge in [0, 0.05) is 36.2 Å². The fraction of sp³-hybridized carbons (Fsp3) is 0.676. The second-order valence-electron chi connectivity index (χ2n) is 14.7. The van der Waals surface area contributed by atoms with Crippen LogP contribution in [0.2, 0.25) is 0 Å². The van der Waals surface area contributed by atoms with Crippen molar-refractivity contribution in [3.63, 3.8) is 0 Å². The Hall–Kier alpha value is -3.12. The number of hydrogen-bond acceptors (Lipinski definition) is 7. The van der Waals surface area contributed by atoms with Gasteiger partial charge in [0.25, 0.3) is 5.56 Å². The Morgan fingerprint density at radius 3 is 1.98 bits per heavy atom. The molecule has 0 aliphatic rings. The molecule has 0 radical (unpaired) electrons. The van der Waals surface area contributed by atoms with Crippen LogP contribution in [-0.2, 0) is 10.2 Å². The van der Waals surface area contributed by atoms with Crippen molar-refractivity contribution in [1.29, 1.82) is 5.26 Å². The van der Waals surface area contributed by atoms with E-state index in [2.05, 4.69) is 59.9 Å². The molecule has 9 heteroatoms. The molecule has 2 rings (SSSR count). The molecule has 8 nitrogen and oxygen atoms in total. The molecule has 2 unspecified atom stereocenters. The first-order valence-electron chi connectivity index (χ1n) is 17.1. The van der Waals surface area contributed by atoms with Crippen molar-refractivity contribution in [2.24, 2.45) is 17.3 Å². The summed E-state index contributed by atoms with van der Waals surface area (Å²) in [6.45, 7) is 26.5. The molecule has 0 fully saturated rings. The SMILES string of the molecule is C=c1c(C#N)c(O)n(N(C)C(=O)C(C)(C)C)c(=O)/c1=C\c1sc(N(CC(CC)CCCC)CC(CC)CCCC)nc1C(C)(C)C. The van der Waals surface area contributed by atoms with E-state index in [4.69, 9.17) is 4.98 Å². The van der Waals surface area contributed by atoms with Crippen molar-refractivity contribution in [3.05, 3.63) is 36.9 Å². The number of hydrogen-bond donors (Lipinski definition) is 1. The Bertz CT molecular complexity index is 1520. The quantitative estimate of drug-likeness (QED) is 0.227. The lowest BCUT2D eigenvalue weighted by atomic mass is 9.91. The zero-order valence-electron chi connectivity index (χ0n) is 30.4. The zero-order valence-corrected chi connectivity index (χ0v) is 31.2. The van der Waals surface area contributed by atoms with Gasteiger partial charge in [-0.15, -0.1) is 0 Å². The molecule has 2 aromatic heterocycles. The van der Waals surface area contributed by atoms with Crippen LogP contribution in [0.1, 0.15) is 137 Å². The first-order chi connectivity index (χ1) is 21.5. The number of aromatic nitrogens is 2. The molecule has 46 heavy (non-hydrogen) atoms. The zero-order chi connectivity index (χ0) is 35.0. The van der Waals surface area contributed by atoms with E-state index in [1.165, 1.54) is 45.6 Å². The average molecular weight is 654 g/mol. The van der Waals surface area contributed by atoms with Crippen LogP contribution in [0.5, 0.6) is 5.88 Å². The predicted molar refractivity (Wildman–Crippen MR) is 194 cm³/mol. The molecule has 0 aliphatic heterocycles. The van der Waals surface area contributed by atoms with E-state index in [0.717, 1.165) is 51.3 Å². The maximum atomic E-state index is 14.0. The number of rotatable bonds is 15. The Balaban J connectivity index is 2.89. The number of unbranched alkanes of at least 4 members (excludes halogenated alkanes) is 2. The van der Waals surface area contributed by atoms with Crippen LogP contribution in [0.4, 0.5) is 5.13 Å². The van der Waals surface area contributed by atoms with E-state index in [0.29, 0.717) is 11.8 Å². The van der Waals surface area contributed by atoms with E-state index >= 15 is 0 Å². The van der Waals surface area contributed by atoms with Crippen LogP contribution in [0, 0.1) is 28.6 Å². The summed E-state index contributed by atoms with van der Waals surface area (Å²) < 4.78 is 0.886. The number of nitriles is 1. The summed E-state index contributed by atoms with van der Waals surface area (Å²) in [4.78, 5) is 35.7. The Morgan fingerprint density at radius 1 is 1.04 bits per heavy atom. The third kappa shape index (κ3) is 9.47. The third-order valence-electron chi connectivity index (χ3n) is 8.76. The van der Waals surface area contributed by atoms with Gasteiger partial charge in [-0.1, -0.05) is 126 Å². The summed E-state index contributed by atoms with van der Waals surface area (Å²) in [5.41, 5.74) is -1.07. The number of aromatic hydroxyl groups is 1. The Labute approximate surface area is 281 Å². The third-order valence-corrected chi connectivity index (χ3v) is 9.83. The maximum Gasteiger partial charge on any atom is 0.280 e. The molecule has 0 saturated carbocycles. The minimum Gasteiger partial charge on any atom is -0.492 e. The summed E-state index contributed by atoms with van der Waals surface area (Å²) in [6.07, 6.45) is 11.1. The largest absolute Gasteiger partial charge is 0.492 e. The predicted octanol–water partition coefficient (Wildman–Crippen LogP) is 6.80. The number of pyridine rings is 1. The van der Waals surface area contributed by atoms with Gasteiger partial charge in [-0.2, -0.15) is 9.94 Å². The molecule has 1 N–H and O–H groups in total. The maximum absolute atomic E-state index is 14.0. The molecule has 256 valence electrons. The van der Waals surface area contributed by atoms with Gasteiger partial charge in [0.2, 0.25) is 11.8 Å². The van der Waals surface area contributed by atoms with Crippen molar-refractivity contribution in [2.45, 2.75) is 126 Å². The summed E-state index contributed by atoms with van der Waals surface area (Å²) in [5, 5.41) is 23.3. The van der Waals surface area contributed by atoms with Gasteiger partial charge in [0.1, 0.15) is 11.6 Å². The molecular weight excluding hydrogens is 595 g/mol. The molecule has 1 amide bonds. The lowest BCUT2D eigenvalue weighted by Crippen LogP contribution is -2.55. The van der Waals surface area contributed by atoms with E-state index in [1.54, 1.807) is 38.2 Å². The topological polar surface area (TPSA) is 102 Å². The minimum atomic E-state index is -0.823. The number of nitrogens with zero attached hydrogens (tertiary/aromatic N) is 5. The van der Waals surface area contributed by atoms with Gasteiger partial charge in [-0.25, -0.2) is 9.99 Å². The molecule has 2 aromatic rings. The summed E-state index contributed by atoms with van der Waals surface area (Å²) in [6, 6.07) is 2.00. The first kappa shape index (κ1) is 39.1. The molecular formula is C37H59N5O3S. The molecule has 2 atom stereocenters. The highest BCUT2D eigenvalue weighted by Crippen LogP contribution is 2.36. The highest BCUT2D eigenvalue weighted by atomic mass is 32.1. The standard InChI is InChI=1S/C37H59N5O3S/c1-13-17-19-26(15-3)23-41(24-27(16-4)20-18-14-2)35-39-31(36(6,7)8)30(46-35)21-28-25(5)29(22-38)33(44)42(32(28)43)40(12)34(45)37(9,10)11/h21,26-27,44H,5,13-20,23-24H2,1-4,6-12H3/b28-21-. The molecule has 2 heterocycles. The van der Waals surface area contributed by atoms with Gasteiger partial charge in [0.05, 0.1) is 15.8 Å². The van der Waals surface area contributed by atoms with E-state index < -0.39 is 16.9 Å². The minimum absolute atomic E-state index is 0.126. The second kappa shape index (κ2) is 16.6. The van der Waals surface area contributed by atoms with E-state index in [-0.39, 0.29) is 27.3 Å². The molecule has 0 aliphatic carbocycles. The van der Waals surface area contributed by atoms with Crippen LogP contribution in [0.3, 0.4) is 0 Å².